The highest BCUT2D eigenvalue weighted by Crippen LogP contribution is 2.14. The van der Waals surface area contributed by atoms with Gasteiger partial charge < -0.3 is 15.4 Å². The quantitative estimate of drug-likeness (QED) is 0.867. The van der Waals surface area contributed by atoms with E-state index in [0.717, 1.165) is 37.1 Å². The van der Waals surface area contributed by atoms with Crippen molar-refractivity contribution in [2.75, 3.05) is 13.2 Å². The molecule has 0 unspecified atom stereocenters. The zero-order valence-corrected chi connectivity index (χ0v) is 12.0. The Balaban J connectivity index is 1.59. The summed E-state index contributed by atoms with van der Waals surface area (Å²) in [6.45, 7) is 3.95. The number of amides is 2. The minimum atomic E-state index is -0.138. The van der Waals surface area contributed by atoms with E-state index in [4.69, 9.17) is 4.74 Å². The van der Waals surface area contributed by atoms with Crippen molar-refractivity contribution in [3.8, 4) is 0 Å². The van der Waals surface area contributed by atoms with Gasteiger partial charge in [0.1, 0.15) is 0 Å². The first-order valence-electron chi connectivity index (χ1n) is 7.29. The molecule has 1 saturated heterocycles. The van der Waals surface area contributed by atoms with Crippen LogP contribution in [0.15, 0.2) is 18.3 Å². The Bertz CT molecular complexity index is 414. The van der Waals surface area contributed by atoms with E-state index in [1.54, 1.807) is 6.20 Å². The summed E-state index contributed by atoms with van der Waals surface area (Å²) in [6.07, 6.45) is 6.49. The fourth-order valence-corrected chi connectivity index (χ4v) is 2.23. The van der Waals surface area contributed by atoms with Crippen LogP contribution >= 0.6 is 0 Å². The summed E-state index contributed by atoms with van der Waals surface area (Å²) < 4.78 is 5.62. The average molecular weight is 277 g/mol. The molecular formula is C15H23N3O2. The molecular weight excluding hydrogens is 254 g/mol. The molecule has 0 saturated carbocycles. The van der Waals surface area contributed by atoms with Gasteiger partial charge in [0.2, 0.25) is 0 Å². The Hall–Kier alpha value is -1.62. The molecule has 1 aromatic rings. The van der Waals surface area contributed by atoms with Gasteiger partial charge in [-0.1, -0.05) is 6.07 Å². The molecule has 0 aromatic carbocycles. The largest absolute Gasteiger partial charge is 0.378 e. The zero-order valence-electron chi connectivity index (χ0n) is 12.0. The van der Waals surface area contributed by atoms with Gasteiger partial charge in [0, 0.05) is 31.6 Å². The monoisotopic (exact) mass is 277 g/mol. The van der Waals surface area contributed by atoms with Crippen LogP contribution in [0.1, 0.15) is 36.9 Å². The number of hydrogen-bond acceptors (Lipinski definition) is 3. The van der Waals surface area contributed by atoms with Crippen molar-refractivity contribution >= 4 is 6.03 Å². The molecule has 20 heavy (non-hydrogen) atoms. The Kier molecular flexibility index (Phi) is 5.80. The lowest BCUT2D eigenvalue weighted by Crippen LogP contribution is -2.37. The van der Waals surface area contributed by atoms with E-state index in [9.17, 15) is 4.79 Å². The van der Waals surface area contributed by atoms with Crippen LogP contribution in [0.4, 0.5) is 4.79 Å². The van der Waals surface area contributed by atoms with Gasteiger partial charge in [0.15, 0.2) is 0 Å². The Morgan fingerprint density at radius 2 is 2.30 bits per heavy atom. The van der Waals surface area contributed by atoms with E-state index in [0.29, 0.717) is 19.2 Å². The second-order valence-corrected chi connectivity index (χ2v) is 5.19. The van der Waals surface area contributed by atoms with Crippen LogP contribution in [-0.2, 0) is 11.3 Å². The van der Waals surface area contributed by atoms with E-state index in [2.05, 4.69) is 15.6 Å². The maximum Gasteiger partial charge on any atom is 0.315 e. The number of aromatic nitrogens is 1. The van der Waals surface area contributed by atoms with Gasteiger partial charge in [-0.05, 0) is 44.2 Å². The van der Waals surface area contributed by atoms with Gasteiger partial charge in [0.25, 0.3) is 0 Å². The van der Waals surface area contributed by atoms with E-state index in [1.165, 1.54) is 6.42 Å². The summed E-state index contributed by atoms with van der Waals surface area (Å²) >= 11 is 0. The summed E-state index contributed by atoms with van der Waals surface area (Å²) in [4.78, 5) is 15.8. The highest BCUT2D eigenvalue weighted by Gasteiger charge is 2.13. The number of carbonyl (C=O) groups is 1. The standard InChI is InChI=1S/C15H23N3O2/c1-12-5-6-13(10-17-12)11-18-15(19)16-8-7-14-4-2-3-9-20-14/h5-6,10,14H,2-4,7-9,11H2,1H3,(H2,16,18,19)/t14-/m1/s1. The zero-order chi connectivity index (χ0) is 14.2. The number of pyridine rings is 1. The summed E-state index contributed by atoms with van der Waals surface area (Å²) in [6, 6.07) is 3.77. The highest BCUT2D eigenvalue weighted by molar-refractivity contribution is 5.73. The molecule has 2 N–H and O–H groups in total. The molecule has 0 spiro atoms. The maximum atomic E-state index is 11.6. The molecule has 1 aromatic heterocycles. The van der Waals surface area contributed by atoms with Crippen molar-refractivity contribution in [1.29, 1.82) is 0 Å². The number of hydrogen-bond donors (Lipinski definition) is 2. The van der Waals surface area contributed by atoms with Crippen LogP contribution in [0.25, 0.3) is 0 Å². The molecule has 2 amide bonds. The lowest BCUT2D eigenvalue weighted by Gasteiger charge is -2.22. The summed E-state index contributed by atoms with van der Waals surface area (Å²) in [5.41, 5.74) is 1.98. The minimum Gasteiger partial charge on any atom is -0.378 e. The van der Waals surface area contributed by atoms with E-state index < -0.39 is 0 Å². The Morgan fingerprint density at radius 3 is 3.00 bits per heavy atom. The second kappa shape index (κ2) is 7.85. The van der Waals surface area contributed by atoms with E-state index in [1.807, 2.05) is 19.1 Å². The van der Waals surface area contributed by atoms with Gasteiger partial charge in [-0.2, -0.15) is 0 Å². The maximum absolute atomic E-state index is 11.6. The fourth-order valence-electron chi connectivity index (χ4n) is 2.23. The van der Waals surface area contributed by atoms with Crippen molar-refractivity contribution in [3.63, 3.8) is 0 Å². The van der Waals surface area contributed by atoms with Gasteiger partial charge in [-0.15, -0.1) is 0 Å². The molecule has 5 heteroatoms. The molecule has 0 aliphatic carbocycles. The van der Waals surface area contributed by atoms with Gasteiger partial charge >= 0.3 is 6.03 Å². The smallest absolute Gasteiger partial charge is 0.315 e. The van der Waals surface area contributed by atoms with Crippen molar-refractivity contribution in [2.24, 2.45) is 0 Å². The molecule has 2 heterocycles. The van der Waals surface area contributed by atoms with Gasteiger partial charge in [0.05, 0.1) is 6.10 Å². The SMILES string of the molecule is Cc1ccc(CNC(=O)NCC[C@H]2CCCCO2)cn1. The molecule has 2 rings (SSSR count). The number of urea groups is 1. The molecule has 1 aliphatic rings. The first kappa shape index (κ1) is 14.8. The fraction of sp³-hybridized carbons (Fsp3) is 0.600. The third-order valence-corrected chi connectivity index (χ3v) is 3.45. The molecule has 1 atom stereocenters. The minimum absolute atomic E-state index is 0.138. The number of nitrogens with one attached hydrogen (secondary N) is 2. The molecule has 110 valence electrons. The van der Waals surface area contributed by atoms with E-state index in [-0.39, 0.29) is 6.03 Å². The second-order valence-electron chi connectivity index (χ2n) is 5.19. The van der Waals surface area contributed by atoms with E-state index >= 15 is 0 Å². The molecule has 1 aliphatic heterocycles. The van der Waals surface area contributed by atoms with Crippen LogP contribution in [0.5, 0.6) is 0 Å². The van der Waals surface area contributed by atoms with Gasteiger partial charge in [-0.3, -0.25) is 4.98 Å². The average Bonchev–Trinajstić information content (AvgIpc) is 2.48. The highest BCUT2D eigenvalue weighted by atomic mass is 16.5. The lowest BCUT2D eigenvalue weighted by molar-refractivity contribution is 0.0120. The predicted molar refractivity (Wildman–Crippen MR) is 77.4 cm³/mol. The Labute approximate surface area is 120 Å². The Morgan fingerprint density at radius 1 is 1.40 bits per heavy atom. The predicted octanol–water partition coefficient (Wildman–Crippen LogP) is 2.15. The molecule has 5 nitrogen and oxygen atoms in total. The topological polar surface area (TPSA) is 63.2 Å². The summed E-state index contributed by atoms with van der Waals surface area (Å²) in [5, 5.41) is 5.69. The van der Waals surface area contributed by atoms with Crippen LogP contribution in [0.2, 0.25) is 0 Å². The number of nitrogens with zero attached hydrogens (tertiary/aromatic N) is 1. The molecule has 0 bridgehead atoms. The van der Waals surface area contributed by atoms with Gasteiger partial charge in [-0.25, -0.2) is 4.79 Å². The van der Waals surface area contributed by atoms with Crippen LogP contribution in [0, 0.1) is 6.92 Å². The summed E-state index contributed by atoms with van der Waals surface area (Å²) in [5.74, 6) is 0. The number of aryl methyl sites for hydroxylation is 1. The molecule has 1 fully saturated rings. The first-order chi connectivity index (χ1) is 9.74. The number of carbonyl (C=O) groups excluding carboxylic acids is 1. The van der Waals surface area contributed by atoms with Crippen LogP contribution in [0.3, 0.4) is 0 Å². The van der Waals surface area contributed by atoms with Crippen LogP contribution in [-0.4, -0.2) is 30.3 Å². The number of rotatable bonds is 5. The number of ether oxygens (including phenoxy) is 1. The lowest BCUT2D eigenvalue weighted by atomic mass is 10.1. The summed E-state index contributed by atoms with van der Waals surface area (Å²) in [7, 11) is 0. The first-order valence-corrected chi connectivity index (χ1v) is 7.29. The normalized spacial score (nSPS) is 18.6. The van der Waals surface area contributed by atoms with Crippen molar-refractivity contribution in [3.05, 3.63) is 29.6 Å². The van der Waals surface area contributed by atoms with Crippen molar-refractivity contribution < 1.29 is 9.53 Å². The third kappa shape index (κ3) is 5.17. The van der Waals surface area contributed by atoms with Crippen LogP contribution < -0.4 is 10.6 Å². The van der Waals surface area contributed by atoms with Crippen molar-refractivity contribution in [2.45, 2.75) is 45.3 Å². The van der Waals surface area contributed by atoms with Crippen molar-refractivity contribution in [1.82, 2.24) is 15.6 Å². The third-order valence-electron chi connectivity index (χ3n) is 3.45. The molecule has 0 radical (unpaired) electrons.